The minimum absolute atomic E-state index is 0.276. The van der Waals surface area contributed by atoms with Crippen LogP contribution in [0.25, 0.3) is 0 Å². The predicted molar refractivity (Wildman–Crippen MR) is 57.1 cm³/mol. The maximum absolute atomic E-state index is 10.7. The van der Waals surface area contributed by atoms with Gasteiger partial charge in [0.2, 0.25) is 0 Å². The summed E-state index contributed by atoms with van der Waals surface area (Å²) in [5.74, 6) is 0.986. The Balaban J connectivity index is 2.30. The van der Waals surface area contributed by atoms with Gasteiger partial charge < -0.3 is 5.11 Å². The molecule has 2 rings (SSSR count). The molecule has 0 spiro atoms. The lowest BCUT2D eigenvalue weighted by molar-refractivity contribution is -0.0648. The average molecular weight is 209 g/mol. The molecular formula is C11H19N3O. The second-order valence-corrected chi connectivity index (χ2v) is 4.95. The van der Waals surface area contributed by atoms with Crippen molar-refractivity contribution in [1.29, 1.82) is 0 Å². The zero-order valence-electron chi connectivity index (χ0n) is 9.64. The second-order valence-electron chi connectivity index (χ2n) is 4.95. The highest BCUT2D eigenvalue weighted by Crippen LogP contribution is 2.42. The van der Waals surface area contributed by atoms with Crippen molar-refractivity contribution < 1.29 is 5.11 Å². The molecule has 15 heavy (non-hydrogen) atoms. The van der Waals surface area contributed by atoms with Crippen LogP contribution in [0.4, 0.5) is 0 Å². The smallest absolute Gasteiger partial charge is 0.110 e. The fourth-order valence-electron chi connectivity index (χ4n) is 2.69. The normalized spacial score (nSPS) is 36.8. The summed E-state index contributed by atoms with van der Waals surface area (Å²) in [5, 5.41) is 18.4. The van der Waals surface area contributed by atoms with Crippen molar-refractivity contribution in [2.75, 3.05) is 0 Å². The number of aryl methyl sites for hydroxylation is 1. The lowest BCUT2D eigenvalue weighted by Gasteiger charge is -2.40. The quantitative estimate of drug-likeness (QED) is 0.761. The second kappa shape index (κ2) is 3.59. The molecule has 4 nitrogen and oxygen atoms in total. The Labute approximate surface area is 90.3 Å². The first-order valence-electron chi connectivity index (χ1n) is 5.61. The topological polar surface area (TPSA) is 50.9 Å². The van der Waals surface area contributed by atoms with Crippen molar-refractivity contribution in [3.8, 4) is 0 Å². The van der Waals surface area contributed by atoms with E-state index in [1.54, 1.807) is 10.9 Å². The molecule has 3 atom stereocenters. The summed E-state index contributed by atoms with van der Waals surface area (Å²) in [6.45, 7) is 4.36. The van der Waals surface area contributed by atoms with E-state index in [1.807, 2.05) is 7.05 Å². The Hall–Kier alpha value is -0.900. The number of hydrogen-bond donors (Lipinski definition) is 1. The zero-order valence-corrected chi connectivity index (χ0v) is 9.64. The largest absolute Gasteiger partial charge is 0.383 e. The summed E-state index contributed by atoms with van der Waals surface area (Å²) in [6, 6.07) is 0. The molecule has 0 radical (unpaired) electrons. The van der Waals surface area contributed by atoms with Crippen molar-refractivity contribution in [2.24, 2.45) is 18.9 Å². The molecule has 1 saturated carbocycles. The van der Waals surface area contributed by atoms with E-state index < -0.39 is 5.60 Å². The van der Waals surface area contributed by atoms with Gasteiger partial charge in [-0.2, -0.15) is 0 Å². The van der Waals surface area contributed by atoms with Crippen LogP contribution >= 0.6 is 0 Å². The maximum Gasteiger partial charge on any atom is 0.110 e. The fourth-order valence-corrected chi connectivity index (χ4v) is 2.69. The number of hydrogen-bond acceptors (Lipinski definition) is 3. The van der Waals surface area contributed by atoms with Crippen molar-refractivity contribution in [2.45, 2.75) is 38.7 Å². The van der Waals surface area contributed by atoms with Crippen LogP contribution in [0.3, 0.4) is 0 Å². The monoisotopic (exact) mass is 209 g/mol. The number of aliphatic hydroxyl groups is 1. The van der Waals surface area contributed by atoms with Gasteiger partial charge in [0.25, 0.3) is 0 Å². The number of aromatic nitrogens is 3. The van der Waals surface area contributed by atoms with E-state index >= 15 is 0 Å². The van der Waals surface area contributed by atoms with Crippen LogP contribution in [0.5, 0.6) is 0 Å². The van der Waals surface area contributed by atoms with Gasteiger partial charge in [-0.3, -0.25) is 0 Å². The summed E-state index contributed by atoms with van der Waals surface area (Å²) in [6.07, 6.45) is 4.65. The average Bonchev–Trinajstić information content (AvgIpc) is 2.59. The van der Waals surface area contributed by atoms with E-state index in [1.165, 1.54) is 0 Å². The molecule has 0 aliphatic heterocycles. The van der Waals surface area contributed by atoms with Crippen LogP contribution in [0.2, 0.25) is 0 Å². The molecule has 0 bridgehead atoms. The molecule has 0 aromatic carbocycles. The SMILES string of the molecule is CC1CCC(O)(c2cnnn2C)C(C)C1. The van der Waals surface area contributed by atoms with Gasteiger partial charge in [-0.1, -0.05) is 19.1 Å². The van der Waals surface area contributed by atoms with Crippen molar-refractivity contribution in [3.05, 3.63) is 11.9 Å². The Bertz CT molecular complexity index is 349. The van der Waals surface area contributed by atoms with Crippen LogP contribution in [0.1, 0.15) is 38.8 Å². The molecule has 1 aliphatic rings. The summed E-state index contributed by atoms with van der Waals surface area (Å²) in [5.41, 5.74) is 0.118. The minimum atomic E-state index is -0.731. The van der Waals surface area contributed by atoms with E-state index in [0.717, 1.165) is 25.0 Å². The molecule has 1 aromatic heterocycles. The molecule has 0 saturated heterocycles. The third-order valence-corrected chi connectivity index (χ3v) is 3.75. The van der Waals surface area contributed by atoms with Crippen LogP contribution in [-0.2, 0) is 12.6 Å². The van der Waals surface area contributed by atoms with Gasteiger partial charge in [-0.05, 0) is 31.1 Å². The highest BCUT2D eigenvalue weighted by molar-refractivity contribution is 5.11. The molecule has 1 heterocycles. The zero-order chi connectivity index (χ0) is 11.1. The fraction of sp³-hybridized carbons (Fsp3) is 0.818. The van der Waals surface area contributed by atoms with Gasteiger partial charge in [0.15, 0.2) is 0 Å². The molecule has 1 aromatic rings. The molecular weight excluding hydrogens is 190 g/mol. The van der Waals surface area contributed by atoms with Gasteiger partial charge >= 0.3 is 0 Å². The Morgan fingerprint density at radius 1 is 1.53 bits per heavy atom. The highest BCUT2D eigenvalue weighted by atomic mass is 16.3. The van der Waals surface area contributed by atoms with E-state index in [0.29, 0.717) is 5.92 Å². The van der Waals surface area contributed by atoms with Gasteiger partial charge in [-0.25, -0.2) is 4.68 Å². The molecule has 84 valence electrons. The summed E-state index contributed by atoms with van der Waals surface area (Å²) < 4.78 is 1.69. The Kier molecular flexibility index (Phi) is 2.54. The van der Waals surface area contributed by atoms with Gasteiger partial charge in [0.05, 0.1) is 11.9 Å². The van der Waals surface area contributed by atoms with Crippen LogP contribution < -0.4 is 0 Å². The Morgan fingerprint density at radius 2 is 2.27 bits per heavy atom. The molecule has 1 fully saturated rings. The maximum atomic E-state index is 10.7. The first-order valence-corrected chi connectivity index (χ1v) is 5.61. The van der Waals surface area contributed by atoms with E-state index in [4.69, 9.17) is 0 Å². The van der Waals surface area contributed by atoms with Crippen LogP contribution in [0.15, 0.2) is 6.20 Å². The highest BCUT2D eigenvalue weighted by Gasteiger charge is 2.42. The predicted octanol–water partition coefficient (Wildman–Crippen LogP) is 1.46. The third-order valence-electron chi connectivity index (χ3n) is 3.75. The van der Waals surface area contributed by atoms with Crippen LogP contribution in [0, 0.1) is 11.8 Å². The molecule has 4 heteroatoms. The summed E-state index contributed by atoms with van der Waals surface area (Å²) in [7, 11) is 1.84. The first kappa shape index (κ1) is 10.6. The minimum Gasteiger partial charge on any atom is -0.383 e. The van der Waals surface area contributed by atoms with E-state index in [2.05, 4.69) is 24.2 Å². The van der Waals surface area contributed by atoms with Crippen molar-refractivity contribution >= 4 is 0 Å². The third kappa shape index (κ3) is 1.67. The molecule has 1 aliphatic carbocycles. The number of rotatable bonds is 1. The number of nitrogens with zero attached hydrogens (tertiary/aromatic N) is 3. The summed E-state index contributed by atoms with van der Waals surface area (Å²) in [4.78, 5) is 0. The van der Waals surface area contributed by atoms with E-state index in [9.17, 15) is 5.11 Å². The lowest BCUT2D eigenvalue weighted by Crippen LogP contribution is -2.40. The van der Waals surface area contributed by atoms with Gasteiger partial charge in [-0.15, -0.1) is 5.10 Å². The van der Waals surface area contributed by atoms with Crippen LogP contribution in [-0.4, -0.2) is 20.1 Å². The summed E-state index contributed by atoms with van der Waals surface area (Å²) >= 11 is 0. The standard InChI is InChI=1S/C11H19N3O/c1-8-4-5-11(15,9(2)6-8)10-7-12-13-14(10)3/h7-9,15H,4-6H2,1-3H3. The van der Waals surface area contributed by atoms with E-state index in [-0.39, 0.29) is 5.92 Å². The van der Waals surface area contributed by atoms with Crippen molar-refractivity contribution in [1.82, 2.24) is 15.0 Å². The molecule has 1 N–H and O–H groups in total. The van der Waals surface area contributed by atoms with Gasteiger partial charge in [0, 0.05) is 7.05 Å². The first-order chi connectivity index (χ1) is 7.04. The molecule has 3 unspecified atom stereocenters. The Morgan fingerprint density at radius 3 is 2.80 bits per heavy atom. The molecule has 0 amide bonds. The van der Waals surface area contributed by atoms with Gasteiger partial charge in [0.1, 0.15) is 5.60 Å². The lowest BCUT2D eigenvalue weighted by atomic mass is 9.71. The van der Waals surface area contributed by atoms with Crippen molar-refractivity contribution in [3.63, 3.8) is 0 Å².